The van der Waals surface area contributed by atoms with Crippen molar-refractivity contribution < 1.29 is 14.3 Å². The highest BCUT2D eigenvalue weighted by molar-refractivity contribution is 6.02. The van der Waals surface area contributed by atoms with Gasteiger partial charge in [0.05, 0.1) is 5.56 Å². The van der Waals surface area contributed by atoms with Gasteiger partial charge in [-0.2, -0.15) is 0 Å². The molecule has 1 amide bonds. The SMILES string of the molecule is O=C(/C=C/c1ccccc1)Nc1ccc(-c2nc3ccccc3o2)c(O)c1. The van der Waals surface area contributed by atoms with Crippen LogP contribution in [0.4, 0.5) is 5.69 Å². The number of phenolic OH excluding ortho intramolecular Hbond substituents is 1. The minimum atomic E-state index is -0.284. The number of amides is 1. The maximum Gasteiger partial charge on any atom is 0.248 e. The van der Waals surface area contributed by atoms with Crippen LogP contribution in [0.25, 0.3) is 28.6 Å². The number of nitrogens with zero attached hydrogens (tertiary/aromatic N) is 1. The van der Waals surface area contributed by atoms with Crippen LogP contribution in [-0.4, -0.2) is 16.0 Å². The number of hydrogen-bond donors (Lipinski definition) is 2. The van der Waals surface area contributed by atoms with E-state index in [0.717, 1.165) is 11.1 Å². The van der Waals surface area contributed by atoms with Gasteiger partial charge in [-0.15, -0.1) is 0 Å². The zero-order chi connectivity index (χ0) is 18.6. The summed E-state index contributed by atoms with van der Waals surface area (Å²) in [6.07, 6.45) is 3.17. The Labute approximate surface area is 155 Å². The van der Waals surface area contributed by atoms with Gasteiger partial charge >= 0.3 is 0 Å². The summed E-state index contributed by atoms with van der Waals surface area (Å²) in [5.74, 6) is 0.0230. The molecule has 0 aliphatic carbocycles. The molecule has 2 N–H and O–H groups in total. The van der Waals surface area contributed by atoms with Crippen molar-refractivity contribution in [2.75, 3.05) is 5.32 Å². The third-order valence-electron chi connectivity index (χ3n) is 4.02. The number of oxazole rings is 1. The van der Waals surface area contributed by atoms with Gasteiger partial charge < -0.3 is 14.8 Å². The number of fused-ring (bicyclic) bond motifs is 1. The molecule has 27 heavy (non-hydrogen) atoms. The highest BCUT2D eigenvalue weighted by Gasteiger charge is 2.13. The van der Waals surface area contributed by atoms with Crippen LogP contribution in [0.3, 0.4) is 0 Å². The average Bonchev–Trinajstić information content (AvgIpc) is 3.11. The van der Waals surface area contributed by atoms with Gasteiger partial charge in [0.1, 0.15) is 11.3 Å². The summed E-state index contributed by atoms with van der Waals surface area (Å²) < 4.78 is 5.67. The van der Waals surface area contributed by atoms with Crippen LogP contribution in [0.15, 0.2) is 83.3 Å². The van der Waals surface area contributed by atoms with Crippen LogP contribution in [0.1, 0.15) is 5.56 Å². The number of rotatable bonds is 4. The van der Waals surface area contributed by atoms with E-state index in [9.17, 15) is 9.90 Å². The Balaban J connectivity index is 1.51. The van der Waals surface area contributed by atoms with E-state index in [0.29, 0.717) is 22.7 Å². The Bertz CT molecular complexity index is 1100. The topological polar surface area (TPSA) is 75.4 Å². The average molecular weight is 356 g/mol. The van der Waals surface area contributed by atoms with Crippen molar-refractivity contribution in [2.45, 2.75) is 0 Å². The molecular formula is C22H16N2O3. The van der Waals surface area contributed by atoms with Crippen molar-refractivity contribution in [3.8, 4) is 17.2 Å². The molecule has 132 valence electrons. The molecule has 5 heteroatoms. The van der Waals surface area contributed by atoms with Crippen LogP contribution < -0.4 is 5.32 Å². The Morgan fingerprint density at radius 3 is 2.56 bits per heavy atom. The second-order valence-electron chi connectivity index (χ2n) is 5.95. The van der Waals surface area contributed by atoms with E-state index in [2.05, 4.69) is 10.3 Å². The van der Waals surface area contributed by atoms with E-state index < -0.39 is 0 Å². The zero-order valence-electron chi connectivity index (χ0n) is 14.3. The Hall–Kier alpha value is -3.86. The van der Waals surface area contributed by atoms with E-state index in [1.54, 1.807) is 18.2 Å². The molecule has 0 bridgehead atoms. The van der Waals surface area contributed by atoms with Crippen LogP contribution in [0.5, 0.6) is 5.75 Å². The highest BCUT2D eigenvalue weighted by atomic mass is 16.3. The lowest BCUT2D eigenvalue weighted by Crippen LogP contribution is -2.07. The van der Waals surface area contributed by atoms with Gasteiger partial charge in [-0.3, -0.25) is 4.79 Å². The molecule has 0 saturated carbocycles. The summed E-state index contributed by atoms with van der Waals surface area (Å²) in [5.41, 5.74) is 3.24. The number of nitrogens with one attached hydrogen (secondary N) is 1. The molecule has 1 heterocycles. The molecule has 0 saturated heterocycles. The third kappa shape index (κ3) is 3.72. The summed E-state index contributed by atoms with van der Waals surface area (Å²) in [6, 6.07) is 21.8. The standard InChI is InChI=1S/C22H16N2O3/c25-19-14-16(23-21(26)13-10-15-6-2-1-3-7-15)11-12-17(19)22-24-18-8-4-5-9-20(18)27-22/h1-14,25H,(H,23,26)/b13-10+. The highest BCUT2D eigenvalue weighted by Crippen LogP contribution is 2.33. The fraction of sp³-hybridized carbons (Fsp3) is 0. The molecule has 4 aromatic rings. The zero-order valence-corrected chi connectivity index (χ0v) is 14.3. The summed E-state index contributed by atoms with van der Waals surface area (Å²) >= 11 is 0. The molecule has 0 spiro atoms. The molecule has 0 aliphatic heterocycles. The number of anilines is 1. The summed E-state index contributed by atoms with van der Waals surface area (Å²) in [4.78, 5) is 16.4. The van der Waals surface area contributed by atoms with Crippen molar-refractivity contribution in [3.05, 3.63) is 84.4 Å². The number of para-hydroxylation sites is 2. The number of aromatic hydroxyl groups is 1. The van der Waals surface area contributed by atoms with Gasteiger partial charge in [-0.05, 0) is 35.9 Å². The molecule has 0 radical (unpaired) electrons. The van der Waals surface area contributed by atoms with Crippen molar-refractivity contribution in [1.82, 2.24) is 4.98 Å². The molecular weight excluding hydrogens is 340 g/mol. The largest absolute Gasteiger partial charge is 0.507 e. The smallest absolute Gasteiger partial charge is 0.248 e. The van der Waals surface area contributed by atoms with Crippen LogP contribution in [0.2, 0.25) is 0 Å². The molecule has 0 unspecified atom stereocenters. The van der Waals surface area contributed by atoms with E-state index in [4.69, 9.17) is 4.42 Å². The first kappa shape index (κ1) is 16.6. The fourth-order valence-electron chi connectivity index (χ4n) is 2.70. The number of benzene rings is 3. The van der Waals surface area contributed by atoms with Gasteiger partial charge in [-0.25, -0.2) is 4.98 Å². The second kappa shape index (κ2) is 7.17. The molecule has 0 fully saturated rings. The van der Waals surface area contributed by atoms with Crippen molar-refractivity contribution in [2.24, 2.45) is 0 Å². The molecule has 1 aromatic heterocycles. The second-order valence-corrected chi connectivity index (χ2v) is 5.95. The van der Waals surface area contributed by atoms with Gasteiger partial charge in [0, 0.05) is 17.8 Å². The van der Waals surface area contributed by atoms with Crippen LogP contribution >= 0.6 is 0 Å². The van der Waals surface area contributed by atoms with E-state index in [1.165, 1.54) is 12.1 Å². The number of hydrogen-bond acceptors (Lipinski definition) is 4. The van der Waals surface area contributed by atoms with Crippen LogP contribution in [-0.2, 0) is 4.79 Å². The van der Waals surface area contributed by atoms with Crippen molar-refractivity contribution >= 4 is 28.8 Å². The van der Waals surface area contributed by atoms with Gasteiger partial charge in [0.15, 0.2) is 5.58 Å². The van der Waals surface area contributed by atoms with E-state index in [-0.39, 0.29) is 11.7 Å². The number of phenols is 1. The van der Waals surface area contributed by atoms with Crippen molar-refractivity contribution in [1.29, 1.82) is 0 Å². The maximum absolute atomic E-state index is 12.1. The fourth-order valence-corrected chi connectivity index (χ4v) is 2.70. The number of carbonyl (C=O) groups is 1. The lowest BCUT2D eigenvalue weighted by Gasteiger charge is -2.05. The predicted molar refractivity (Wildman–Crippen MR) is 105 cm³/mol. The van der Waals surface area contributed by atoms with Gasteiger partial charge in [0.25, 0.3) is 0 Å². The summed E-state index contributed by atoms with van der Waals surface area (Å²) in [5, 5.41) is 13.0. The monoisotopic (exact) mass is 356 g/mol. The Morgan fingerprint density at radius 2 is 1.78 bits per heavy atom. The maximum atomic E-state index is 12.1. The number of carbonyl (C=O) groups excluding carboxylic acids is 1. The minimum absolute atomic E-state index is 0.0219. The first-order chi connectivity index (χ1) is 13.2. The quantitative estimate of drug-likeness (QED) is 0.513. The molecule has 0 atom stereocenters. The lowest BCUT2D eigenvalue weighted by molar-refractivity contribution is -0.111. The molecule has 0 aliphatic rings. The van der Waals surface area contributed by atoms with Gasteiger partial charge in [-0.1, -0.05) is 42.5 Å². The first-order valence-corrected chi connectivity index (χ1v) is 8.42. The van der Waals surface area contributed by atoms with E-state index in [1.807, 2.05) is 54.6 Å². The number of aromatic nitrogens is 1. The summed E-state index contributed by atoms with van der Waals surface area (Å²) in [7, 11) is 0. The minimum Gasteiger partial charge on any atom is -0.507 e. The summed E-state index contributed by atoms with van der Waals surface area (Å²) in [6.45, 7) is 0. The van der Waals surface area contributed by atoms with Crippen LogP contribution in [0, 0.1) is 0 Å². The van der Waals surface area contributed by atoms with E-state index >= 15 is 0 Å². The third-order valence-corrected chi connectivity index (χ3v) is 4.02. The Kier molecular flexibility index (Phi) is 4.41. The van der Waals surface area contributed by atoms with Crippen molar-refractivity contribution in [3.63, 3.8) is 0 Å². The Morgan fingerprint density at radius 1 is 1.00 bits per heavy atom. The molecule has 4 rings (SSSR count). The first-order valence-electron chi connectivity index (χ1n) is 8.42. The van der Waals surface area contributed by atoms with Gasteiger partial charge in [0.2, 0.25) is 11.8 Å². The molecule has 3 aromatic carbocycles. The lowest BCUT2D eigenvalue weighted by atomic mass is 10.1. The molecule has 5 nitrogen and oxygen atoms in total. The predicted octanol–water partition coefficient (Wildman–Crippen LogP) is 4.85. The normalized spacial score (nSPS) is 11.1.